The first-order valence-electron chi connectivity index (χ1n) is 6.85. The summed E-state index contributed by atoms with van der Waals surface area (Å²) in [5.74, 6) is -0.148. The fourth-order valence-corrected chi connectivity index (χ4v) is 2.71. The first-order chi connectivity index (χ1) is 9.86. The van der Waals surface area contributed by atoms with Gasteiger partial charge in [-0.05, 0) is 31.9 Å². The lowest BCUT2D eigenvalue weighted by Crippen LogP contribution is -2.39. The summed E-state index contributed by atoms with van der Waals surface area (Å²) in [6, 6.07) is 5.67. The molecule has 0 aliphatic rings. The molecule has 5 nitrogen and oxygen atoms in total. The van der Waals surface area contributed by atoms with E-state index >= 15 is 0 Å². The zero-order chi connectivity index (χ0) is 15.6. The zero-order valence-electron chi connectivity index (χ0n) is 12.7. The van der Waals surface area contributed by atoms with E-state index in [0.717, 1.165) is 10.6 Å². The van der Waals surface area contributed by atoms with Gasteiger partial charge in [-0.3, -0.25) is 10.1 Å². The monoisotopic (exact) mass is 304 g/mol. The number of anilines is 1. The Balaban J connectivity index is 2.16. The molecule has 0 spiro atoms. The minimum absolute atomic E-state index is 0.0804. The lowest BCUT2D eigenvalue weighted by atomic mass is 10.1. The van der Waals surface area contributed by atoms with Crippen LogP contribution in [0.1, 0.15) is 25.0 Å². The minimum Gasteiger partial charge on any atom is -0.320 e. The first kappa shape index (κ1) is 15.6. The van der Waals surface area contributed by atoms with Gasteiger partial charge in [-0.25, -0.2) is 0 Å². The normalized spacial score (nSPS) is 12.5. The number of amides is 1. The Morgan fingerprint density at radius 2 is 1.81 bits per heavy atom. The van der Waals surface area contributed by atoms with Crippen LogP contribution in [-0.4, -0.2) is 22.1 Å². The van der Waals surface area contributed by atoms with Crippen molar-refractivity contribution in [1.82, 2.24) is 10.2 Å². The maximum Gasteiger partial charge on any atom is 0.243 e. The van der Waals surface area contributed by atoms with E-state index in [1.54, 1.807) is 0 Å². The summed E-state index contributed by atoms with van der Waals surface area (Å²) in [5, 5.41) is 12.1. The number of carbonyl (C=O) groups is 1. The molecule has 0 saturated heterocycles. The van der Waals surface area contributed by atoms with Gasteiger partial charge in [0.1, 0.15) is 5.01 Å². The molecule has 0 saturated carbocycles. The molecular weight excluding hydrogens is 284 g/mol. The Kier molecular flexibility index (Phi) is 4.69. The Labute approximate surface area is 128 Å². The summed E-state index contributed by atoms with van der Waals surface area (Å²) in [5.41, 5.74) is 9.17. The highest BCUT2D eigenvalue weighted by molar-refractivity contribution is 7.18. The van der Waals surface area contributed by atoms with Gasteiger partial charge in [0.2, 0.25) is 11.0 Å². The summed E-state index contributed by atoms with van der Waals surface area (Å²) in [4.78, 5) is 11.9. The van der Waals surface area contributed by atoms with Gasteiger partial charge in [0.05, 0.1) is 6.04 Å². The largest absolute Gasteiger partial charge is 0.320 e. The second-order valence-electron chi connectivity index (χ2n) is 5.55. The van der Waals surface area contributed by atoms with E-state index in [1.165, 1.54) is 22.5 Å². The van der Waals surface area contributed by atoms with Gasteiger partial charge >= 0.3 is 0 Å². The summed E-state index contributed by atoms with van der Waals surface area (Å²) in [6.45, 7) is 7.90. The molecule has 1 aromatic heterocycles. The molecule has 0 aliphatic carbocycles. The van der Waals surface area contributed by atoms with E-state index in [1.807, 2.05) is 27.7 Å². The van der Waals surface area contributed by atoms with Gasteiger partial charge in [-0.2, -0.15) is 0 Å². The molecule has 3 N–H and O–H groups in total. The minimum atomic E-state index is -0.543. The maximum atomic E-state index is 11.9. The lowest BCUT2D eigenvalue weighted by molar-refractivity contribution is -0.118. The standard InChI is InChI=1S/C15H20N4OS/c1-8(2)12(16)13(20)17-15-19-18-14(21-15)11-6-9(3)5-10(4)7-11/h5-8,12H,16H2,1-4H3,(H,17,19,20)/t12-/m0/s1. The third-order valence-electron chi connectivity index (χ3n) is 3.14. The van der Waals surface area contributed by atoms with Gasteiger partial charge in [-0.15, -0.1) is 10.2 Å². The average Bonchev–Trinajstić information content (AvgIpc) is 2.85. The van der Waals surface area contributed by atoms with E-state index in [-0.39, 0.29) is 11.8 Å². The molecule has 2 aromatic rings. The molecule has 1 aromatic carbocycles. The number of nitrogens with zero attached hydrogens (tertiary/aromatic N) is 2. The average molecular weight is 304 g/mol. The smallest absolute Gasteiger partial charge is 0.243 e. The predicted octanol–water partition coefficient (Wildman–Crippen LogP) is 2.74. The van der Waals surface area contributed by atoms with E-state index in [9.17, 15) is 4.79 Å². The van der Waals surface area contributed by atoms with Crippen molar-refractivity contribution >= 4 is 22.4 Å². The van der Waals surface area contributed by atoms with Crippen LogP contribution < -0.4 is 11.1 Å². The third-order valence-corrected chi connectivity index (χ3v) is 4.03. The van der Waals surface area contributed by atoms with Crippen molar-refractivity contribution in [3.63, 3.8) is 0 Å². The van der Waals surface area contributed by atoms with E-state index in [2.05, 4.69) is 33.7 Å². The van der Waals surface area contributed by atoms with Crippen molar-refractivity contribution in [2.45, 2.75) is 33.7 Å². The highest BCUT2D eigenvalue weighted by Crippen LogP contribution is 2.28. The second-order valence-corrected chi connectivity index (χ2v) is 6.53. The van der Waals surface area contributed by atoms with Crippen molar-refractivity contribution < 1.29 is 4.79 Å². The zero-order valence-corrected chi connectivity index (χ0v) is 13.5. The maximum absolute atomic E-state index is 11.9. The lowest BCUT2D eigenvalue weighted by Gasteiger charge is -2.13. The molecule has 0 unspecified atom stereocenters. The quantitative estimate of drug-likeness (QED) is 0.910. The molecule has 0 radical (unpaired) electrons. The fourth-order valence-electron chi connectivity index (χ4n) is 1.98. The summed E-state index contributed by atoms with van der Waals surface area (Å²) in [6.07, 6.45) is 0. The van der Waals surface area contributed by atoms with Crippen LogP contribution in [0.5, 0.6) is 0 Å². The van der Waals surface area contributed by atoms with Crippen molar-refractivity contribution in [3.05, 3.63) is 29.3 Å². The molecular formula is C15H20N4OS. The molecule has 2 rings (SSSR count). The number of nitrogens with two attached hydrogens (primary N) is 1. The number of benzene rings is 1. The second kappa shape index (κ2) is 6.32. The molecule has 21 heavy (non-hydrogen) atoms. The molecule has 1 amide bonds. The van der Waals surface area contributed by atoms with Crippen LogP contribution in [0.25, 0.3) is 10.6 Å². The molecule has 0 fully saturated rings. The number of nitrogens with one attached hydrogen (secondary N) is 1. The van der Waals surface area contributed by atoms with Crippen LogP contribution in [0, 0.1) is 19.8 Å². The van der Waals surface area contributed by atoms with Crippen LogP contribution in [0.15, 0.2) is 18.2 Å². The SMILES string of the molecule is Cc1cc(C)cc(-c2nnc(NC(=O)[C@@H](N)C(C)C)s2)c1. The van der Waals surface area contributed by atoms with Gasteiger partial charge in [-0.1, -0.05) is 42.4 Å². The first-order valence-corrected chi connectivity index (χ1v) is 7.67. The number of aryl methyl sites for hydroxylation is 2. The van der Waals surface area contributed by atoms with Crippen LogP contribution in [0.2, 0.25) is 0 Å². The van der Waals surface area contributed by atoms with Crippen molar-refractivity contribution in [1.29, 1.82) is 0 Å². The van der Waals surface area contributed by atoms with Gasteiger partial charge in [0.25, 0.3) is 0 Å². The van der Waals surface area contributed by atoms with Crippen LogP contribution in [0.3, 0.4) is 0 Å². The number of aromatic nitrogens is 2. The topological polar surface area (TPSA) is 80.9 Å². The van der Waals surface area contributed by atoms with E-state index in [4.69, 9.17) is 5.73 Å². The van der Waals surface area contributed by atoms with Crippen LogP contribution >= 0.6 is 11.3 Å². The fraction of sp³-hybridized carbons (Fsp3) is 0.400. The third kappa shape index (κ3) is 3.86. The van der Waals surface area contributed by atoms with Crippen molar-refractivity contribution in [3.8, 4) is 10.6 Å². The van der Waals surface area contributed by atoms with Gasteiger partial charge in [0, 0.05) is 5.56 Å². The van der Waals surface area contributed by atoms with Crippen molar-refractivity contribution in [2.24, 2.45) is 11.7 Å². The van der Waals surface area contributed by atoms with E-state index < -0.39 is 6.04 Å². The number of hydrogen-bond acceptors (Lipinski definition) is 5. The molecule has 112 valence electrons. The summed E-state index contributed by atoms with van der Waals surface area (Å²) < 4.78 is 0. The van der Waals surface area contributed by atoms with E-state index in [0.29, 0.717) is 5.13 Å². The predicted molar refractivity (Wildman–Crippen MR) is 86.3 cm³/mol. The van der Waals surface area contributed by atoms with Crippen LogP contribution in [-0.2, 0) is 4.79 Å². The molecule has 1 atom stereocenters. The van der Waals surface area contributed by atoms with Gasteiger partial charge in [0.15, 0.2) is 0 Å². The number of carbonyl (C=O) groups excluding carboxylic acids is 1. The summed E-state index contributed by atoms with van der Waals surface area (Å²) >= 11 is 1.35. The molecule has 6 heteroatoms. The molecule has 0 aliphatic heterocycles. The Morgan fingerprint density at radius 1 is 1.19 bits per heavy atom. The highest BCUT2D eigenvalue weighted by atomic mass is 32.1. The number of rotatable bonds is 4. The Bertz CT molecular complexity index is 631. The highest BCUT2D eigenvalue weighted by Gasteiger charge is 2.19. The van der Waals surface area contributed by atoms with Gasteiger partial charge < -0.3 is 5.73 Å². The summed E-state index contributed by atoms with van der Waals surface area (Å²) in [7, 11) is 0. The van der Waals surface area contributed by atoms with Crippen molar-refractivity contribution in [2.75, 3.05) is 5.32 Å². The Hall–Kier alpha value is -1.79. The molecule has 0 bridgehead atoms. The van der Waals surface area contributed by atoms with Crippen LogP contribution in [0.4, 0.5) is 5.13 Å². The Morgan fingerprint density at radius 3 is 2.38 bits per heavy atom. The molecule has 1 heterocycles. The number of hydrogen-bond donors (Lipinski definition) is 2.